The molecule has 0 amide bonds. The molecule has 146 valence electrons. The number of likely N-dealkylation sites (tertiary alicyclic amines) is 1. The monoisotopic (exact) mass is 370 g/mol. The van der Waals surface area contributed by atoms with E-state index < -0.39 is 0 Å². The van der Waals surface area contributed by atoms with Crippen LogP contribution in [0.2, 0.25) is 0 Å². The zero-order chi connectivity index (χ0) is 19.4. The molecule has 1 aliphatic rings. The van der Waals surface area contributed by atoms with Crippen LogP contribution in [-0.4, -0.2) is 58.1 Å². The molecule has 3 atom stereocenters. The Morgan fingerprint density at radius 1 is 1.30 bits per heavy atom. The molecule has 1 aromatic heterocycles. The number of Topliss-reactive ketones (excluding diaryl/α,β-unsaturated/α-hetero) is 1. The summed E-state index contributed by atoms with van der Waals surface area (Å²) in [5.74, 6) is 1.50. The molecule has 27 heavy (non-hydrogen) atoms. The van der Waals surface area contributed by atoms with Gasteiger partial charge in [0.05, 0.1) is 27.2 Å². The Labute approximate surface area is 161 Å². The maximum absolute atomic E-state index is 12.3. The highest BCUT2D eigenvalue weighted by atomic mass is 16.1. The number of carbonyl (C=O) groups excluding carboxylic acids is 1. The average molecular weight is 371 g/mol. The summed E-state index contributed by atoms with van der Waals surface area (Å²) in [5, 5.41) is 14.5. The van der Waals surface area contributed by atoms with E-state index in [1.165, 1.54) is 30.6 Å². The molecule has 0 aliphatic carbocycles. The lowest BCUT2D eigenvalue weighted by Crippen LogP contribution is -2.36. The first-order valence-electron chi connectivity index (χ1n) is 10.0. The van der Waals surface area contributed by atoms with Crippen LogP contribution in [0.5, 0.6) is 0 Å². The lowest BCUT2D eigenvalue weighted by atomic mass is 9.81. The van der Waals surface area contributed by atoms with Crippen molar-refractivity contribution in [3.8, 4) is 0 Å². The molecule has 1 aliphatic heterocycles. The van der Waals surface area contributed by atoms with Crippen molar-refractivity contribution in [3.05, 3.63) is 41.2 Å². The van der Waals surface area contributed by atoms with Gasteiger partial charge in [-0.1, -0.05) is 37.6 Å². The zero-order valence-electron chi connectivity index (χ0n) is 17.0. The van der Waals surface area contributed by atoms with E-state index in [0.29, 0.717) is 11.7 Å². The molecule has 1 N–H and O–H groups in total. The molecule has 0 saturated carbocycles. The summed E-state index contributed by atoms with van der Waals surface area (Å²) in [5.41, 5.74) is 2.66. The van der Waals surface area contributed by atoms with Crippen LogP contribution in [0.25, 0.3) is 0 Å². The van der Waals surface area contributed by atoms with Gasteiger partial charge in [-0.3, -0.25) is 4.79 Å². The van der Waals surface area contributed by atoms with Crippen molar-refractivity contribution in [2.24, 2.45) is 5.92 Å². The first-order valence-corrected chi connectivity index (χ1v) is 10.0. The average Bonchev–Trinajstić information content (AvgIpc) is 3.28. The zero-order valence-corrected chi connectivity index (χ0v) is 17.0. The number of likely N-dealkylation sites (N-methyl/N-ethyl adjacent to an activating group) is 1. The fourth-order valence-electron chi connectivity index (χ4n) is 4.49. The first-order chi connectivity index (χ1) is 12.9. The topological polar surface area (TPSA) is 71.5 Å². The standard InChI is InChI=1S/C21H32N5O/c1-5-6-19(15(2)27)20(21-22-24-25-23-21)13-16-7-9-17(10-8-16)18-11-12-26(3,4)14-18/h7-10,18-20H,5-6,11-14H2,1-4H3,(H,22,23,24,25)/q+1/t18?,19-,20+/m1/s1. The first kappa shape index (κ1) is 19.7. The number of nitrogens with one attached hydrogen (secondary N) is 1. The second-order valence-electron chi connectivity index (χ2n) is 8.67. The second kappa shape index (κ2) is 8.30. The van der Waals surface area contributed by atoms with Crippen LogP contribution in [0.1, 0.15) is 61.9 Å². The van der Waals surface area contributed by atoms with Gasteiger partial charge in [-0.05, 0) is 41.3 Å². The van der Waals surface area contributed by atoms with Gasteiger partial charge in [-0.25, -0.2) is 5.10 Å². The van der Waals surface area contributed by atoms with Crippen molar-refractivity contribution in [2.45, 2.75) is 51.4 Å². The van der Waals surface area contributed by atoms with Crippen molar-refractivity contribution in [1.29, 1.82) is 0 Å². The third kappa shape index (κ3) is 4.80. The van der Waals surface area contributed by atoms with Crippen molar-refractivity contribution in [1.82, 2.24) is 20.6 Å². The van der Waals surface area contributed by atoms with Crippen LogP contribution < -0.4 is 0 Å². The minimum absolute atomic E-state index is 0.00891. The maximum atomic E-state index is 12.3. The Hall–Kier alpha value is -2.08. The van der Waals surface area contributed by atoms with Gasteiger partial charge in [0.25, 0.3) is 0 Å². The number of nitrogens with zero attached hydrogens (tertiary/aromatic N) is 4. The molecule has 2 aromatic rings. The van der Waals surface area contributed by atoms with Crippen molar-refractivity contribution in [2.75, 3.05) is 27.2 Å². The highest BCUT2D eigenvalue weighted by Crippen LogP contribution is 2.32. The number of hydrogen-bond acceptors (Lipinski definition) is 4. The number of aromatic amines is 1. The summed E-state index contributed by atoms with van der Waals surface area (Å²) in [6.07, 6.45) is 3.85. The number of benzene rings is 1. The van der Waals surface area contributed by atoms with Crippen molar-refractivity contribution < 1.29 is 9.28 Å². The van der Waals surface area contributed by atoms with E-state index in [2.05, 4.69) is 65.9 Å². The largest absolute Gasteiger partial charge is 0.328 e. The maximum Gasteiger partial charge on any atom is 0.152 e. The quantitative estimate of drug-likeness (QED) is 0.725. The highest BCUT2D eigenvalue weighted by Gasteiger charge is 2.32. The third-order valence-corrected chi connectivity index (χ3v) is 6.02. The van der Waals surface area contributed by atoms with Crippen LogP contribution >= 0.6 is 0 Å². The van der Waals surface area contributed by atoms with Gasteiger partial charge in [0.1, 0.15) is 5.78 Å². The highest BCUT2D eigenvalue weighted by molar-refractivity contribution is 5.79. The molecule has 1 aromatic carbocycles. The van der Waals surface area contributed by atoms with Gasteiger partial charge in [0, 0.05) is 24.2 Å². The van der Waals surface area contributed by atoms with Gasteiger partial charge >= 0.3 is 0 Å². The SMILES string of the molecule is CCC[C@H](C(C)=O)[C@H](Cc1ccc(C2CC[N+](C)(C)C2)cc1)c1nnn[nH]1. The van der Waals surface area contributed by atoms with Gasteiger partial charge in [-0.15, -0.1) is 5.10 Å². The lowest BCUT2D eigenvalue weighted by molar-refractivity contribution is -0.878. The molecule has 3 rings (SSSR count). The number of carbonyl (C=O) groups is 1. The third-order valence-electron chi connectivity index (χ3n) is 6.02. The van der Waals surface area contributed by atoms with Crippen LogP contribution in [0.15, 0.2) is 24.3 Å². The van der Waals surface area contributed by atoms with E-state index in [0.717, 1.165) is 23.7 Å². The van der Waals surface area contributed by atoms with Crippen molar-refractivity contribution in [3.63, 3.8) is 0 Å². The molecule has 2 heterocycles. The van der Waals surface area contributed by atoms with Crippen LogP contribution in [0.3, 0.4) is 0 Å². The summed E-state index contributed by atoms with van der Waals surface area (Å²) in [4.78, 5) is 12.3. The minimum Gasteiger partial charge on any atom is -0.328 e. The fourth-order valence-corrected chi connectivity index (χ4v) is 4.49. The van der Waals surface area contributed by atoms with E-state index in [1.807, 2.05) is 0 Å². The molecular formula is C21H32N5O+. The Kier molecular flexibility index (Phi) is 6.05. The predicted molar refractivity (Wildman–Crippen MR) is 105 cm³/mol. The molecular weight excluding hydrogens is 338 g/mol. The Morgan fingerprint density at radius 3 is 2.56 bits per heavy atom. The number of quaternary nitrogens is 1. The number of tetrazole rings is 1. The van der Waals surface area contributed by atoms with Gasteiger partial charge < -0.3 is 4.48 Å². The van der Waals surface area contributed by atoms with Crippen LogP contribution in [-0.2, 0) is 11.2 Å². The van der Waals surface area contributed by atoms with Crippen molar-refractivity contribution >= 4 is 5.78 Å². The minimum atomic E-state index is -0.0580. The Morgan fingerprint density at radius 2 is 2.04 bits per heavy atom. The fraction of sp³-hybridized carbons (Fsp3) is 0.619. The lowest BCUT2D eigenvalue weighted by Gasteiger charge is -2.24. The van der Waals surface area contributed by atoms with Gasteiger partial charge in [0.15, 0.2) is 5.82 Å². The second-order valence-corrected chi connectivity index (χ2v) is 8.67. The molecule has 1 unspecified atom stereocenters. The number of hydrogen-bond donors (Lipinski definition) is 1. The number of aromatic nitrogens is 4. The summed E-state index contributed by atoms with van der Waals surface area (Å²) in [6.45, 7) is 6.24. The normalized spacial score (nSPS) is 21.1. The van der Waals surface area contributed by atoms with E-state index in [4.69, 9.17) is 0 Å². The molecule has 0 spiro atoms. The predicted octanol–water partition coefficient (Wildman–Crippen LogP) is 3.10. The summed E-state index contributed by atoms with van der Waals surface area (Å²) >= 11 is 0. The van der Waals surface area contributed by atoms with Crippen LogP contribution in [0.4, 0.5) is 0 Å². The molecule has 6 nitrogen and oxygen atoms in total. The molecule has 1 saturated heterocycles. The molecule has 0 bridgehead atoms. The van der Waals surface area contributed by atoms with E-state index in [-0.39, 0.29) is 17.6 Å². The van der Waals surface area contributed by atoms with Gasteiger partial charge in [-0.2, -0.15) is 0 Å². The van der Waals surface area contributed by atoms with Crippen LogP contribution in [0, 0.1) is 5.92 Å². The van der Waals surface area contributed by atoms with E-state index in [9.17, 15) is 4.79 Å². The molecule has 6 heteroatoms. The Balaban J connectivity index is 1.77. The summed E-state index contributed by atoms with van der Waals surface area (Å²) in [7, 11) is 4.61. The van der Waals surface area contributed by atoms with Gasteiger partial charge in [0.2, 0.25) is 0 Å². The number of H-pyrrole nitrogens is 1. The Bertz CT molecular complexity index is 738. The summed E-state index contributed by atoms with van der Waals surface area (Å²) < 4.78 is 1.10. The molecule has 1 fully saturated rings. The van der Waals surface area contributed by atoms with E-state index >= 15 is 0 Å². The molecule has 0 radical (unpaired) electrons. The van der Waals surface area contributed by atoms with E-state index in [1.54, 1.807) is 6.92 Å². The summed E-state index contributed by atoms with van der Waals surface area (Å²) in [6, 6.07) is 8.97. The smallest absolute Gasteiger partial charge is 0.152 e. The number of ketones is 1. The number of rotatable bonds is 8.